The Bertz CT molecular complexity index is 943. The molecule has 2 bridgehead atoms. The molecule has 0 aliphatic carbocycles. The number of rotatable bonds is 5. The molecule has 3 atom stereocenters. The molecule has 0 aromatic carbocycles. The van der Waals surface area contributed by atoms with Gasteiger partial charge in [0.05, 0.1) is 28.6 Å². The summed E-state index contributed by atoms with van der Waals surface area (Å²) in [6, 6.07) is 3.46. The fraction of sp³-hybridized carbons (Fsp3) is 0.500. The maximum atomic E-state index is 12.8. The van der Waals surface area contributed by atoms with Gasteiger partial charge in [0.1, 0.15) is 5.82 Å². The van der Waals surface area contributed by atoms with Gasteiger partial charge in [0.2, 0.25) is 0 Å². The first-order chi connectivity index (χ1) is 12.8. The first kappa shape index (κ1) is 18.4. The Balaban J connectivity index is 1.69. The average Bonchev–Trinajstić information content (AvgIpc) is 3.36. The van der Waals surface area contributed by atoms with Gasteiger partial charge < -0.3 is 9.64 Å². The molecule has 2 aromatic rings. The highest BCUT2D eigenvalue weighted by atomic mass is 32.2. The number of anilines is 1. The third-order valence-electron chi connectivity index (χ3n) is 5.73. The van der Waals surface area contributed by atoms with Crippen molar-refractivity contribution in [2.45, 2.75) is 42.7 Å². The van der Waals surface area contributed by atoms with Gasteiger partial charge in [0.25, 0.3) is 0 Å². The van der Waals surface area contributed by atoms with E-state index in [1.165, 1.54) is 30.9 Å². The van der Waals surface area contributed by atoms with Crippen molar-refractivity contribution >= 4 is 33.0 Å². The van der Waals surface area contributed by atoms with Gasteiger partial charge in [-0.2, -0.15) is 0 Å². The highest BCUT2D eigenvalue weighted by Gasteiger charge is 2.61. The zero-order valence-electron chi connectivity index (χ0n) is 15.2. The molecular formula is C18H21N3O4S2. The van der Waals surface area contributed by atoms with E-state index in [4.69, 9.17) is 4.74 Å². The molecule has 7 nitrogen and oxygen atoms in total. The van der Waals surface area contributed by atoms with Crippen molar-refractivity contribution < 1.29 is 17.9 Å². The topological polar surface area (TPSA) is 89.5 Å². The van der Waals surface area contributed by atoms with Gasteiger partial charge in [-0.05, 0) is 31.4 Å². The number of esters is 1. The number of carbonyl (C=O) groups is 1. The normalized spacial score (nSPS) is 27.1. The Morgan fingerprint density at radius 3 is 2.78 bits per heavy atom. The molecular weight excluding hydrogens is 386 g/mol. The number of pyridine rings is 1. The van der Waals surface area contributed by atoms with E-state index in [-0.39, 0.29) is 22.9 Å². The lowest BCUT2D eigenvalue weighted by Gasteiger charge is -2.34. The first-order valence-corrected chi connectivity index (χ1v) is 11.6. The van der Waals surface area contributed by atoms with E-state index in [0.29, 0.717) is 18.7 Å². The molecule has 0 N–H and O–H groups in total. The summed E-state index contributed by atoms with van der Waals surface area (Å²) in [4.78, 5) is 24.0. The second-order valence-corrected chi connectivity index (χ2v) is 10.0. The van der Waals surface area contributed by atoms with Crippen LogP contribution in [0.15, 0.2) is 34.1 Å². The molecule has 144 valence electrons. The van der Waals surface area contributed by atoms with Crippen LogP contribution in [0.5, 0.6) is 0 Å². The summed E-state index contributed by atoms with van der Waals surface area (Å²) in [5.74, 6) is 0.499. The summed E-state index contributed by atoms with van der Waals surface area (Å²) in [6.07, 6.45) is 5.65. The molecule has 0 radical (unpaired) electrons. The predicted molar refractivity (Wildman–Crippen MR) is 102 cm³/mol. The van der Waals surface area contributed by atoms with Crippen LogP contribution in [0.1, 0.15) is 25.0 Å². The summed E-state index contributed by atoms with van der Waals surface area (Å²) < 4.78 is 28.6. The zero-order valence-corrected chi connectivity index (χ0v) is 16.8. The maximum absolute atomic E-state index is 12.8. The number of ether oxygens (including phenoxy) is 1. The van der Waals surface area contributed by atoms with Crippen molar-refractivity contribution in [1.82, 2.24) is 9.97 Å². The number of hydrogen-bond donors (Lipinski definition) is 0. The van der Waals surface area contributed by atoms with Crippen LogP contribution < -0.4 is 4.90 Å². The lowest BCUT2D eigenvalue weighted by Crippen LogP contribution is -2.46. The monoisotopic (exact) mass is 407 g/mol. The van der Waals surface area contributed by atoms with E-state index >= 15 is 0 Å². The third-order valence-corrected chi connectivity index (χ3v) is 7.46. The lowest BCUT2D eigenvalue weighted by molar-refractivity contribution is -0.154. The van der Waals surface area contributed by atoms with E-state index in [1.54, 1.807) is 17.6 Å². The minimum absolute atomic E-state index is 0.0340. The molecule has 0 saturated carbocycles. The summed E-state index contributed by atoms with van der Waals surface area (Å²) in [5.41, 5.74) is 2.03. The number of hydrogen-bond acceptors (Lipinski definition) is 8. The van der Waals surface area contributed by atoms with Crippen LogP contribution >= 0.6 is 11.3 Å². The molecule has 0 spiro atoms. The predicted octanol–water partition coefficient (Wildman–Crippen LogP) is 2.08. The average molecular weight is 408 g/mol. The lowest BCUT2D eigenvalue weighted by atomic mass is 9.71. The van der Waals surface area contributed by atoms with E-state index < -0.39 is 15.3 Å². The molecule has 4 rings (SSSR count). The molecule has 2 fully saturated rings. The summed E-state index contributed by atoms with van der Waals surface area (Å²) in [6.45, 7) is 0. The Morgan fingerprint density at radius 1 is 1.37 bits per heavy atom. The van der Waals surface area contributed by atoms with Gasteiger partial charge in [0.15, 0.2) is 9.84 Å². The highest BCUT2D eigenvalue weighted by molar-refractivity contribution is 7.90. The van der Waals surface area contributed by atoms with Crippen molar-refractivity contribution in [3.8, 4) is 0 Å². The van der Waals surface area contributed by atoms with Gasteiger partial charge >= 0.3 is 5.97 Å². The summed E-state index contributed by atoms with van der Waals surface area (Å²) >= 11 is 1.52. The second kappa shape index (κ2) is 6.56. The summed E-state index contributed by atoms with van der Waals surface area (Å²) in [7, 11) is -1.86. The van der Waals surface area contributed by atoms with E-state index in [2.05, 4.69) is 14.9 Å². The molecule has 0 unspecified atom stereocenters. The third kappa shape index (κ3) is 3.02. The van der Waals surface area contributed by atoms with E-state index in [9.17, 15) is 13.2 Å². The SMILES string of the molecule is COC(=O)[C@@]1(Cc2cscn2)C[C@H]2CC[C@@H]1N2c1ccc(S(C)(=O)=O)cn1. The smallest absolute Gasteiger partial charge is 0.314 e. The van der Waals surface area contributed by atoms with Crippen molar-refractivity contribution in [3.05, 3.63) is 34.9 Å². The van der Waals surface area contributed by atoms with E-state index in [1.807, 2.05) is 5.38 Å². The van der Waals surface area contributed by atoms with Crippen molar-refractivity contribution in [1.29, 1.82) is 0 Å². The van der Waals surface area contributed by atoms with Crippen LogP contribution in [-0.2, 0) is 25.8 Å². The van der Waals surface area contributed by atoms with Crippen LogP contribution in [0.4, 0.5) is 5.82 Å². The van der Waals surface area contributed by atoms with Crippen molar-refractivity contribution in [2.75, 3.05) is 18.3 Å². The largest absolute Gasteiger partial charge is 0.469 e. The highest BCUT2D eigenvalue weighted by Crippen LogP contribution is 2.53. The molecule has 9 heteroatoms. The molecule has 27 heavy (non-hydrogen) atoms. The summed E-state index contributed by atoms with van der Waals surface area (Å²) in [5, 5.41) is 1.97. The number of nitrogens with zero attached hydrogens (tertiary/aromatic N) is 3. The minimum atomic E-state index is -3.29. The number of thiazole rings is 1. The van der Waals surface area contributed by atoms with Gasteiger partial charge in [-0.1, -0.05) is 0 Å². The Morgan fingerprint density at radius 2 is 2.19 bits per heavy atom. The standard InChI is InChI=1S/C18H21N3O4S2/c1-25-17(22)18(7-12-10-26-11-20-12)8-13-3-5-15(18)21(13)16-6-4-14(9-19-16)27(2,23)24/h4,6,9-11,13,15H,3,5,7-8H2,1-2H3/t13-,15+,18+/m1/s1. The minimum Gasteiger partial charge on any atom is -0.469 e. The fourth-order valence-corrected chi connectivity index (χ4v) is 5.72. The van der Waals surface area contributed by atoms with Gasteiger partial charge in [-0.15, -0.1) is 11.3 Å². The van der Waals surface area contributed by atoms with Crippen molar-refractivity contribution in [2.24, 2.45) is 5.41 Å². The quantitative estimate of drug-likeness (QED) is 0.701. The van der Waals surface area contributed by atoms with Crippen LogP contribution in [0.25, 0.3) is 0 Å². The van der Waals surface area contributed by atoms with Crippen LogP contribution in [0.3, 0.4) is 0 Å². The zero-order chi connectivity index (χ0) is 19.2. The first-order valence-electron chi connectivity index (χ1n) is 8.75. The van der Waals surface area contributed by atoms with Crippen LogP contribution in [0, 0.1) is 5.41 Å². The number of aromatic nitrogens is 2. The number of carbonyl (C=O) groups excluding carboxylic acids is 1. The molecule has 2 saturated heterocycles. The number of fused-ring (bicyclic) bond motifs is 2. The van der Waals surface area contributed by atoms with Crippen molar-refractivity contribution in [3.63, 3.8) is 0 Å². The molecule has 4 heterocycles. The molecule has 2 aliphatic rings. The number of sulfone groups is 1. The van der Waals surface area contributed by atoms with Crippen LogP contribution in [0.2, 0.25) is 0 Å². The fourth-order valence-electron chi connectivity index (χ4n) is 4.61. The molecule has 0 amide bonds. The van der Waals surface area contributed by atoms with Gasteiger partial charge in [-0.25, -0.2) is 18.4 Å². The second-order valence-electron chi connectivity index (χ2n) is 7.29. The molecule has 2 aliphatic heterocycles. The van der Waals surface area contributed by atoms with Gasteiger partial charge in [0, 0.05) is 36.3 Å². The Hall–Kier alpha value is -2.00. The van der Waals surface area contributed by atoms with Crippen LogP contribution in [-0.4, -0.2) is 49.8 Å². The van der Waals surface area contributed by atoms with Gasteiger partial charge in [-0.3, -0.25) is 4.79 Å². The Labute approximate surface area is 162 Å². The van der Waals surface area contributed by atoms with E-state index in [0.717, 1.165) is 18.5 Å². The molecule has 2 aromatic heterocycles. The Kier molecular flexibility index (Phi) is 4.46. The number of methoxy groups -OCH3 is 1. The maximum Gasteiger partial charge on any atom is 0.314 e.